The van der Waals surface area contributed by atoms with Crippen molar-refractivity contribution in [1.82, 2.24) is 5.32 Å². The van der Waals surface area contributed by atoms with Crippen LogP contribution in [0.3, 0.4) is 0 Å². The van der Waals surface area contributed by atoms with Crippen molar-refractivity contribution in [2.45, 2.75) is 31.5 Å². The lowest BCUT2D eigenvalue weighted by Gasteiger charge is -2.27. The van der Waals surface area contributed by atoms with Crippen molar-refractivity contribution in [3.63, 3.8) is 0 Å². The molecule has 0 aromatic heterocycles. The summed E-state index contributed by atoms with van der Waals surface area (Å²) in [5.74, 6) is 1.66. The third-order valence-corrected chi connectivity index (χ3v) is 3.87. The van der Waals surface area contributed by atoms with Crippen molar-refractivity contribution in [2.24, 2.45) is 11.8 Å². The zero-order valence-corrected chi connectivity index (χ0v) is 6.97. The van der Waals surface area contributed by atoms with Gasteiger partial charge in [0.25, 0.3) is 0 Å². The highest BCUT2D eigenvalue weighted by molar-refractivity contribution is 5.08. The first-order valence-electron chi connectivity index (χ1n) is 4.68. The molecule has 0 aromatic rings. The fraction of sp³-hybridized carbons (Fsp3) is 1.00. The number of nitrogens with one attached hydrogen (secondary N) is 1. The Labute approximate surface area is 67.3 Å². The van der Waals surface area contributed by atoms with E-state index in [0.29, 0.717) is 6.10 Å². The molecule has 2 bridgehead atoms. The van der Waals surface area contributed by atoms with Gasteiger partial charge in [-0.15, -0.1) is 0 Å². The summed E-state index contributed by atoms with van der Waals surface area (Å²) in [5, 5.41) is 3.47. The van der Waals surface area contributed by atoms with E-state index in [4.69, 9.17) is 4.74 Å². The molecule has 3 fully saturated rings. The Morgan fingerprint density at radius 1 is 1.45 bits per heavy atom. The molecule has 1 N–H and O–H groups in total. The highest BCUT2D eigenvalue weighted by atomic mass is 16.5. The fourth-order valence-corrected chi connectivity index (χ4v) is 3.23. The van der Waals surface area contributed by atoms with Gasteiger partial charge in [0.1, 0.15) is 0 Å². The van der Waals surface area contributed by atoms with Crippen LogP contribution in [-0.2, 0) is 4.74 Å². The Bertz CT molecular complexity index is 194. The molecule has 0 saturated carbocycles. The van der Waals surface area contributed by atoms with Gasteiger partial charge in [0.2, 0.25) is 0 Å². The molecule has 0 unspecified atom stereocenters. The minimum absolute atomic E-state index is 0.249. The minimum Gasteiger partial charge on any atom is -0.371 e. The average Bonchev–Trinajstić information content (AvgIpc) is 2.53. The maximum atomic E-state index is 5.99. The molecule has 2 heteroatoms. The van der Waals surface area contributed by atoms with Crippen molar-refractivity contribution in [3.05, 3.63) is 0 Å². The lowest BCUT2D eigenvalue weighted by atomic mass is 9.75. The maximum absolute atomic E-state index is 5.99. The highest BCUT2D eigenvalue weighted by Crippen LogP contribution is 2.52. The van der Waals surface area contributed by atoms with Gasteiger partial charge in [-0.3, -0.25) is 0 Å². The van der Waals surface area contributed by atoms with Crippen LogP contribution in [0.25, 0.3) is 0 Å². The topological polar surface area (TPSA) is 21.3 Å². The molecule has 3 heterocycles. The highest BCUT2D eigenvalue weighted by Gasteiger charge is 2.57. The molecule has 0 spiro atoms. The van der Waals surface area contributed by atoms with Crippen LogP contribution < -0.4 is 5.32 Å². The van der Waals surface area contributed by atoms with Crippen molar-refractivity contribution in [3.8, 4) is 0 Å². The van der Waals surface area contributed by atoms with Gasteiger partial charge < -0.3 is 10.1 Å². The molecule has 0 amide bonds. The normalized spacial score (nSPS) is 60.3. The quantitative estimate of drug-likeness (QED) is 0.555. The largest absolute Gasteiger partial charge is 0.371 e. The Kier molecular flexibility index (Phi) is 1.06. The van der Waals surface area contributed by atoms with Crippen LogP contribution in [0.15, 0.2) is 0 Å². The predicted molar refractivity (Wildman–Crippen MR) is 42.4 cm³/mol. The van der Waals surface area contributed by atoms with E-state index in [-0.39, 0.29) is 5.60 Å². The molecule has 4 atom stereocenters. The zero-order chi connectivity index (χ0) is 7.47. The van der Waals surface area contributed by atoms with Gasteiger partial charge >= 0.3 is 0 Å². The summed E-state index contributed by atoms with van der Waals surface area (Å²) in [7, 11) is 0. The van der Waals surface area contributed by atoms with Gasteiger partial charge in [-0.25, -0.2) is 0 Å². The van der Waals surface area contributed by atoms with E-state index in [1.54, 1.807) is 0 Å². The van der Waals surface area contributed by atoms with E-state index in [0.717, 1.165) is 11.8 Å². The number of rotatable bonds is 0. The maximum Gasteiger partial charge on any atom is 0.0703 e. The Morgan fingerprint density at radius 2 is 2.36 bits per heavy atom. The molecule has 0 radical (unpaired) electrons. The van der Waals surface area contributed by atoms with E-state index in [1.165, 1.54) is 25.9 Å². The summed E-state index contributed by atoms with van der Waals surface area (Å²) >= 11 is 0. The van der Waals surface area contributed by atoms with E-state index in [9.17, 15) is 0 Å². The molecule has 3 aliphatic heterocycles. The van der Waals surface area contributed by atoms with Crippen molar-refractivity contribution < 1.29 is 4.74 Å². The van der Waals surface area contributed by atoms with Crippen LogP contribution in [0.5, 0.6) is 0 Å². The number of ether oxygens (including phenoxy) is 1. The van der Waals surface area contributed by atoms with Crippen molar-refractivity contribution in [1.29, 1.82) is 0 Å². The molecular weight excluding hydrogens is 138 g/mol. The molecule has 11 heavy (non-hydrogen) atoms. The first-order valence-corrected chi connectivity index (χ1v) is 4.68. The van der Waals surface area contributed by atoms with Gasteiger partial charge in [-0.1, -0.05) is 0 Å². The van der Waals surface area contributed by atoms with Crippen LogP contribution in [0.1, 0.15) is 19.8 Å². The summed E-state index contributed by atoms with van der Waals surface area (Å²) in [4.78, 5) is 0. The second-order valence-electron chi connectivity index (χ2n) is 4.44. The zero-order valence-electron chi connectivity index (χ0n) is 6.97. The van der Waals surface area contributed by atoms with Gasteiger partial charge in [0.05, 0.1) is 11.7 Å². The predicted octanol–water partition coefficient (Wildman–Crippen LogP) is 0.773. The van der Waals surface area contributed by atoms with E-state index in [2.05, 4.69) is 12.2 Å². The van der Waals surface area contributed by atoms with Crippen molar-refractivity contribution >= 4 is 0 Å². The van der Waals surface area contributed by atoms with Gasteiger partial charge in [-0.05, 0) is 19.8 Å². The molecule has 3 saturated heterocycles. The van der Waals surface area contributed by atoms with Gasteiger partial charge in [0, 0.05) is 24.9 Å². The molecule has 3 rings (SSSR count). The SMILES string of the molecule is C[C@]12CC[C@H](O1)[C@H]1CNC[C@@H]12. The Morgan fingerprint density at radius 3 is 3.18 bits per heavy atom. The Hall–Kier alpha value is -0.0800. The molecule has 0 aromatic carbocycles. The van der Waals surface area contributed by atoms with Gasteiger partial charge in [-0.2, -0.15) is 0 Å². The van der Waals surface area contributed by atoms with E-state index < -0.39 is 0 Å². The van der Waals surface area contributed by atoms with Crippen LogP contribution >= 0.6 is 0 Å². The lowest BCUT2D eigenvalue weighted by Crippen LogP contribution is -2.34. The first-order chi connectivity index (χ1) is 5.30. The van der Waals surface area contributed by atoms with E-state index in [1.807, 2.05) is 0 Å². The monoisotopic (exact) mass is 153 g/mol. The standard InChI is InChI=1S/C9H15NO/c1-9-3-2-8(11-9)6-4-10-5-7(6)9/h6-8,10H,2-5H2,1H3/t6-,7-,8-,9+/m0/s1. The Balaban J connectivity index is 1.98. The molecule has 3 aliphatic rings. The molecule has 62 valence electrons. The van der Waals surface area contributed by atoms with Crippen LogP contribution in [0.4, 0.5) is 0 Å². The van der Waals surface area contributed by atoms with Crippen LogP contribution in [0, 0.1) is 11.8 Å². The van der Waals surface area contributed by atoms with Gasteiger partial charge in [0.15, 0.2) is 0 Å². The summed E-state index contributed by atoms with van der Waals surface area (Å²) in [5.41, 5.74) is 0.249. The summed E-state index contributed by atoms with van der Waals surface area (Å²) in [6.07, 6.45) is 3.19. The number of fused-ring (bicyclic) bond motifs is 5. The smallest absolute Gasteiger partial charge is 0.0703 e. The summed E-state index contributed by atoms with van der Waals surface area (Å²) in [6.45, 7) is 4.69. The first kappa shape index (κ1) is 6.44. The molecule has 0 aliphatic carbocycles. The van der Waals surface area contributed by atoms with Crippen molar-refractivity contribution in [2.75, 3.05) is 13.1 Å². The lowest BCUT2D eigenvalue weighted by molar-refractivity contribution is 0.00527. The second-order valence-corrected chi connectivity index (χ2v) is 4.44. The second kappa shape index (κ2) is 1.80. The third-order valence-electron chi connectivity index (χ3n) is 3.87. The summed E-state index contributed by atoms with van der Waals surface area (Å²) in [6, 6.07) is 0. The average molecular weight is 153 g/mol. The summed E-state index contributed by atoms with van der Waals surface area (Å²) < 4.78 is 5.99. The minimum atomic E-state index is 0.249. The van der Waals surface area contributed by atoms with Crippen LogP contribution in [0.2, 0.25) is 0 Å². The molecular formula is C9H15NO. The third kappa shape index (κ3) is 0.651. The molecule has 2 nitrogen and oxygen atoms in total. The fourth-order valence-electron chi connectivity index (χ4n) is 3.23. The van der Waals surface area contributed by atoms with E-state index >= 15 is 0 Å². The van der Waals surface area contributed by atoms with Crippen LogP contribution in [-0.4, -0.2) is 24.8 Å². The number of hydrogen-bond acceptors (Lipinski definition) is 2. The number of hydrogen-bond donors (Lipinski definition) is 1.